The standard InChI is InChI=1S/C27H22N2O/c1-2-19-15-21-11-12-22(16-26(21)25-10-6-5-9-24(19)25)27(30)28-18-29-14-13-20-7-3-4-8-23(20)17-29/h3-17H,2,18H2,1H3/p+1. The van der Waals surface area contributed by atoms with Gasteiger partial charge in [-0.3, -0.25) is 10.1 Å². The lowest BCUT2D eigenvalue weighted by atomic mass is 9.95. The number of hydrogen-bond acceptors (Lipinski definition) is 1. The van der Waals surface area contributed by atoms with Gasteiger partial charge in [0, 0.05) is 17.0 Å². The summed E-state index contributed by atoms with van der Waals surface area (Å²) in [5.41, 5.74) is 2.02. The quantitative estimate of drug-likeness (QED) is 0.324. The van der Waals surface area contributed by atoms with Gasteiger partial charge in [-0.2, -0.15) is 4.57 Å². The maximum atomic E-state index is 12.9. The van der Waals surface area contributed by atoms with Gasteiger partial charge < -0.3 is 0 Å². The highest BCUT2D eigenvalue weighted by molar-refractivity contribution is 6.11. The monoisotopic (exact) mass is 391 g/mol. The molecule has 146 valence electrons. The van der Waals surface area contributed by atoms with E-state index in [1.54, 1.807) is 0 Å². The summed E-state index contributed by atoms with van der Waals surface area (Å²) in [4.78, 5) is 12.9. The van der Waals surface area contributed by atoms with E-state index in [1.165, 1.54) is 27.1 Å². The Morgan fingerprint density at radius 1 is 0.800 bits per heavy atom. The van der Waals surface area contributed by atoms with Crippen molar-refractivity contribution in [2.45, 2.75) is 20.0 Å². The molecule has 0 aliphatic heterocycles. The van der Waals surface area contributed by atoms with Crippen LogP contribution in [-0.2, 0) is 13.1 Å². The summed E-state index contributed by atoms with van der Waals surface area (Å²) in [6, 6.07) is 26.9. The van der Waals surface area contributed by atoms with Crippen molar-refractivity contribution < 1.29 is 9.36 Å². The number of carbonyl (C=O) groups excluding carboxylic acids is 1. The first-order valence-electron chi connectivity index (χ1n) is 10.3. The van der Waals surface area contributed by atoms with Gasteiger partial charge >= 0.3 is 0 Å². The number of hydrogen-bond donors (Lipinski definition) is 1. The van der Waals surface area contributed by atoms with E-state index >= 15 is 0 Å². The van der Waals surface area contributed by atoms with Gasteiger partial charge in [0.15, 0.2) is 12.4 Å². The number of rotatable bonds is 4. The second kappa shape index (κ2) is 7.60. The lowest BCUT2D eigenvalue weighted by molar-refractivity contribution is -0.698. The molecule has 0 aliphatic carbocycles. The SMILES string of the molecule is CCc1cc2ccc(C(=O)NC[n+]3ccc4ccccc4c3)cc2c2ccccc12. The number of carbonyl (C=O) groups is 1. The summed E-state index contributed by atoms with van der Waals surface area (Å²) in [6.07, 6.45) is 5.03. The van der Waals surface area contributed by atoms with Crippen LogP contribution in [0.4, 0.5) is 0 Å². The van der Waals surface area contributed by atoms with E-state index in [0.29, 0.717) is 12.2 Å². The van der Waals surface area contributed by atoms with Gasteiger partial charge in [-0.25, -0.2) is 0 Å². The summed E-state index contributed by atoms with van der Waals surface area (Å²) in [5.74, 6) is -0.0683. The molecular weight excluding hydrogens is 368 g/mol. The van der Waals surface area contributed by atoms with Gasteiger partial charge in [-0.05, 0) is 57.1 Å². The number of benzene rings is 4. The Bertz CT molecular complexity index is 1400. The molecule has 0 saturated carbocycles. The molecule has 5 rings (SSSR count). The van der Waals surface area contributed by atoms with Crippen LogP contribution in [0.25, 0.3) is 32.3 Å². The van der Waals surface area contributed by atoms with E-state index < -0.39 is 0 Å². The minimum atomic E-state index is -0.0683. The third kappa shape index (κ3) is 3.29. The molecule has 1 heterocycles. The molecule has 0 atom stereocenters. The van der Waals surface area contributed by atoms with Crippen LogP contribution >= 0.6 is 0 Å². The van der Waals surface area contributed by atoms with E-state index in [9.17, 15) is 4.79 Å². The third-order valence-electron chi connectivity index (χ3n) is 5.76. The largest absolute Gasteiger partial charge is 0.297 e. The number of nitrogens with one attached hydrogen (secondary N) is 1. The van der Waals surface area contributed by atoms with Crippen molar-refractivity contribution in [2.24, 2.45) is 0 Å². The number of amides is 1. The van der Waals surface area contributed by atoms with Gasteiger partial charge in [0.2, 0.25) is 6.67 Å². The van der Waals surface area contributed by atoms with Gasteiger partial charge in [-0.1, -0.05) is 61.5 Å². The zero-order valence-corrected chi connectivity index (χ0v) is 16.9. The fraction of sp³-hybridized carbons (Fsp3) is 0.111. The molecule has 1 aromatic heterocycles. The molecule has 0 fully saturated rings. The highest BCUT2D eigenvalue weighted by Crippen LogP contribution is 2.29. The number of pyridine rings is 1. The van der Waals surface area contributed by atoms with Crippen LogP contribution in [0.5, 0.6) is 0 Å². The fourth-order valence-corrected chi connectivity index (χ4v) is 4.15. The summed E-state index contributed by atoms with van der Waals surface area (Å²) < 4.78 is 1.99. The number of fused-ring (bicyclic) bond motifs is 4. The molecule has 30 heavy (non-hydrogen) atoms. The first-order valence-corrected chi connectivity index (χ1v) is 10.3. The zero-order chi connectivity index (χ0) is 20.5. The van der Waals surface area contributed by atoms with Crippen molar-refractivity contribution in [2.75, 3.05) is 0 Å². The van der Waals surface area contributed by atoms with Crippen molar-refractivity contribution >= 4 is 38.2 Å². The van der Waals surface area contributed by atoms with E-state index in [-0.39, 0.29) is 5.91 Å². The van der Waals surface area contributed by atoms with E-state index in [1.807, 2.05) is 35.0 Å². The van der Waals surface area contributed by atoms with Crippen molar-refractivity contribution in [3.63, 3.8) is 0 Å². The normalized spacial score (nSPS) is 11.2. The molecule has 1 N–H and O–H groups in total. The average molecular weight is 391 g/mol. The van der Waals surface area contributed by atoms with Crippen molar-refractivity contribution in [3.05, 3.63) is 102 Å². The Kier molecular flexibility index (Phi) is 4.64. The van der Waals surface area contributed by atoms with Gasteiger partial charge in [0.1, 0.15) is 0 Å². The van der Waals surface area contributed by atoms with Crippen molar-refractivity contribution in [3.8, 4) is 0 Å². The molecule has 1 amide bonds. The first kappa shape index (κ1) is 18.3. The molecule has 5 aromatic rings. The Morgan fingerprint density at radius 2 is 1.57 bits per heavy atom. The molecule has 0 unspecified atom stereocenters. The molecule has 0 spiro atoms. The Balaban J connectivity index is 1.45. The smallest absolute Gasteiger partial charge is 0.256 e. The van der Waals surface area contributed by atoms with Crippen LogP contribution in [-0.4, -0.2) is 5.91 Å². The predicted molar refractivity (Wildman–Crippen MR) is 122 cm³/mol. The van der Waals surface area contributed by atoms with Crippen LogP contribution in [0.3, 0.4) is 0 Å². The zero-order valence-electron chi connectivity index (χ0n) is 16.9. The van der Waals surface area contributed by atoms with Crippen LogP contribution in [0.2, 0.25) is 0 Å². The van der Waals surface area contributed by atoms with E-state index in [2.05, 4.69) is 73.0 Å². The molecule has 4 aromatic carbocycles. The third-order valence-corrected chi connectivity index (χ3v) is 5.76. The molecule has 0 bridgehead atoms. The average Bonchev–Trinajstić information content (AvgIpc) is 2.81. The summed E-state index contributed by atoms with van der Waals surface area (Å²) in [5, 5.41) is 10.1. The van der Waals surface area contributed by atoms with Gasteiger partial charge in [0.25, 0.3) is 5.91 Å². The van der Waals surface area contributed by atoms with Crippen molar-refractivity contribution in [1.29, 1.82) is 0 Å². The lowest BCUT2D eigenvalue weighted by Crippen LogP contribution is -2.43. The molecule has 0 radical (unpaired) electrons. The fourth-order valence-electron chi connectivity index (χ4n) is 4.15. The first-order chi connectivity index (χ1) is 14.7. The van der Waals surface area contributed by atoms with E-state index in [0.717, 1.165) is 17.2 Å². The maximum Gasteiger partial charge on any atom is 0.256 e. The second-order valence-electron chi connectivity index (χ2n) is 7.62. The maximum absolute atomic E-state index is 12.9. The Morgan fingerprint density at radius 3 is 2.40 bits per heavy atom. The number of nitrogens with zero attached hydrogens (tertiary/aromatic N) is 1. The molecule has 0 aliphatic rings. The predicted octanol–water partition coefficient (Wildman–Crippen LogP) is 5.38. The Labute approximate surface area is 175 Å². The molecule has 3 heteroatoms. The highest BCUT2D eigenvalue weighted by atomic mass is 16.1. The second-order valence-corrected chi connectivity index (χ2v) is 7.62. The number of aryl methyl sites for hydroxylation is 1. The van der Waals surface area contributed by atoms with Crippen LogP contribution < -0.4 is 9.88 Å². The number of aromatic nitrogens is 1. The van der Waals surface area contributed by atoms with Crippen LogP contribution in [0, 0.1) is 0 Å². The van der Waals surface area contributed by atoms with E-state index in [4.69, 9.17) is 0 Å². The van der Waals surface area contributed by atoms with Crippen molar-refractivity contribution in [1.82, 2.24) is 5.32 Å². The van der Waals surface area contributed by atoms with Crippen LogP contribution in [0.15, 0.2) is 91.3 Å². The lowest BCUT2D eigenvalue weighted by Gasteiger charge is -2.10. The minimum Gasteiger partial charge on any atom is -0.297 e. The summed E-state index contributed by atoms with van der Waals surface area (Å²) in [6.45, 7) is 2.61. The van der Waals surface area contributed by atoms with Gasteiger partial charge in [-0.15, -0.1) is 0 Å². The molecular formula is C27H23N2O+. The summed E-state index contributed by atoms with van der Waals surface area (Å²) >= 11 is 0. The molecule has 0 saturated heterocycles. The minimum absolute atomic E-state index is 0.0683. The van der Waals surface area contributed by atoms with Crippen LogP contribution in [0.1, 0.15) is 22.8 Å². The topological polar surface area (TPSA) is 33.0 Å². The Hall–Kier alpha value is -3.72. The summed E-state index contributed by atoms with van der Waals surface area (Å²) in [7, 11) is 0. The highest BCUT2D eigenvalue weighted by Gasteiger charge is 2.12. The molecule has 3 nitrogen and oxygen atoms in total. The van der Waals surface area contributed by atoms with Gasteiger partial charge in [0.05, 0.1) is 0 Å².